The van der Waals surface area contributed by atoms with Crippen molar-refractivity contribution in [1.29, 1.82) is 0 Å². The molecule has 0 amide bonds. The zero-order chi connectivity index (χ0) is 21.2. The number of hydrogen-bond donors (Lipinski definition) is 0. The molecule has 0 saturated heterocycles. The largest absolute Gasteiger partial charge is 0.496 e. The molecule has 0 aliphatic heterocycles. The van der Waals surface area contributed by atoms with Crippen LogP contribution in [0.1, 0.15) is 78.0 Å². The molecule has 1 aromatic rings. The van der Waals surface area contributed by atoms with Crippen LogP contribution in [0.25, 0.3) is 0 Å². The van der Waals surface area contributed by atoms with Gasteiger partial charge in [0.05, 0.1) is 13.7 Å². The lowest BCUT2D eigenvalue weighted by Crippen LogP contribution is -2.36. The van der Waals surface area contributed by atoms with Crippen molar-refractivity contribution in [2.75, 3.05) is 14.2 Å². The summed E-state index contributed by atoms with van der Waals surface area (Å²) >= 11 is 0. The third-order valence-corrected chi connectivity index (χ3v) is 5.92. The zero-order valence-corrected chi connectivity index (χ0v) is 19.7. The van der Waals surface area contributed by atoms with E-state index in [0.29, 0.717) is 18.4 Å². The Morgan fingerprint density at radius 1 is 1.11 bits per heavy atom. The van der Waals surface area contributed by atoms with Crippen molar-refractivity contribution in [1.82, 2.24) is 0 Å². The number of methoxy groups -OCH3 is 2. The third-order valence-electron chi connectivity index (χ3n) is 5.92. The summed E-state index contributed by atoms with van der Waals surface area (Å²) < 4.78 is 10.9. The number of allylic oxidation sites excluding steroid dienone is 1. The molecule has 1 saturated carbocycles. The van der Waals surface area contributed by atoms with Crippen LogP contribution in [0.4, 0.5) is 0 Å². The molecule has 156 valence electrons. The van der Waals surface area contributed by atoms with Gasteiger partial charge in [-0.15, -0.1) is 0 Å². The van der Waals surface area contributed by atoms with Crippen molar-refractivity contribution >= 4 is 0 Å². The first kappa shape index (κ1) is 25.7. The van der Waals surface area contributed by atoms with Crippen LogP contribution in [0.3, 0.4) is 0 Å². The van der Waals surface area contributed by atoms with Crippen LogP contribution in [-0.2, 0) is 17.8 Å². The van der Waals surface area contributed by atoms with Crippen molar-refractivity contribution in [2.24, 2.45) is 17.3 Å². The maximum absolute atomic E-state index is 5.59. The van der Waals surface area contributed by atoms with Gasteiger partial charge in [-0.05, 0) is 66.2 Å². The Labute approximate surface area is 169 Å². The number of benzene rings is 1. The van der Waals surface area contributed by atoms with E-state index in [9.17, 15) is 0 Å². The van der Waals surface area contributed by atoms with E-state index >= 15 is 0 Å². The molecule has 0 spiro atoms. The van der Waals surface area contributed by atoms with Gasteiger partial charge in [0.2, 0.25) is 0 Å². The van der Waals surface area contributed by atoms with Gasteiger partial charge in [-0.1, -0.05) is 66.7 Å². The van der Waals surface area contributed by atoms with Gasteiger partial charge in [-0.2, -0.15) is 0 Å². The molecule has 1 aromatic carbocycles. The summed E-state index contributed by atoms with van der Waals surface area (Å²) in [5.41, 5.74) is 5.42. The van der Waals surface area contributed by atoms with Crippen LogP contribution in [0, 0.1) is 24.2 Å². The molecule has 0 N–H and O–H groups in total. The fraction of sp³-hybridized carbons (Fsp3) is 0.680. The Morgan fingerprint density at radius 2 is 1.70 bits per heavy atom. The van der Waals surface area contributed by atoms with Crippen LogP contribution >= 0.6 is 0 Å². The van der Waals surface area contributed by atoms with E-state index in [1.807, 2.05) is 27.7 Å². The highest BCUT2D eigenvalue weighted by Gasteiger charge is 2.39. The minimum Gasteiger partial charge on any atom is -0.496 e. The highest BCUT2D eigenvalue weighted by atomic mass is 16.5. The average molecular weight is 377 g/mol. The Balaban J connectivity index is 0.00000158. The lowest BCUT2D eigenvalue weighted by Gasteiger charge is -2.45. The van der Waals surface area contributed by atoms with Crippen molar-refractivity contribution in [3.8, 4) is 5.75 Å². The lowest BCUT2D eigenvalue weighted by molar-refractivity contribution is 0.141. The minimum atomic E-state index is 0.189. The van der Waals surface area contributed by atoms with Crippen molar-refractivity contribution < 1.29 is 9.47 Å². The molecule has 2 heteroatoms. The molecule has 1 aliphatic carbocycles. The summed E-state index contributed by atoms with van der Waals surface area (Å²) in [6, 6.07) is 4.39. The van der Waals surface area contributed by atoms with Gasteiger partial charge in [0.25, 0.3) is 0 Å². The van der Waals surface area contributed by atoms with Crippen molar-refractivity contribution in [2.45, 2.75) is 81.3 Å². The molecule has 0 aromatic heterocycles. The second kappa shape index (κ2) is 12.2. The molecule has 0 bridgehead atoms. The van der Waals surface area contributed by atoms with Crippen molar-refractivity contribution in [3.63, 3.8) is 0 Å². The molecule has 2 nitrogen and oxygen atoms in total. The Hall–Kier alpha value is -1.28. The predicted octanol–water partition coefficient (Wildman–Crippen LogP) is 7.37. The summed E-state index contributed by atoms with van der Waals surface area (Å²) in [5.74, 6) is 2.30. The standard InChI is InChI=1S/C21H32O2.2C2H6/c1-14-8-9-15(2)21(4,5)19(14)12-18-10-17(13-22-6)11-20(23-7)16(18)3;2*1-2/h10-11,14,19H,2,8-9,12-13H2,1,3-7H3;2*1-2H3. The Kier molecular flexibility index (Phi) is 11.7. The third kappa shape index (κ3) is 6.38. The number of ether oxygens (including phenoxy) is 2. The minimum absolute atomic E-state index is 0.189. The molecular formula is C25H44O2. The van der Waals surface area contributed by atoms with Crippen LogP contribution in [0.2, 0.25) is 0 Å². The highest BCUT2D eigenvalue weighted by Crippen LogP contribution is 2.48. The first-order valence-electron chi connectivity index (χ1n) is 10.6. The fourth-order valence-corrected chi connectivity index (χ4v) is 4.07. The summed E-state index contributed by atoms with van der Waals surface area (Å²) in [7, 11) is 3.49. The smallest absolute Gasteiger partial charge is 0.122 e. The van der Waals surface area contributed by atoms with Gasteiger partial charge in [0, 0.05) is 7.11 Å². The molecular weight excluding hydrogens is 332 g/mol. The van der Waals surface area contributed by atoms with E-state index in [1.165, 1.54) is 28.7 Å². The molecule has 2 rings (SSSR count). The van der Waals surface area contributed by atoms with E-state index in [2.05, 4.69) is 46.4 Å². The molecule has 1 aliphatic rings. The molecule has 2 unspecified atom stereocenters. The van der Waals surface area contributed by atoms with E-state index in [0.717, 1.165) is 18.6 Å². The Bertz CT molecular complexity index is 572. The summed E-state index contributed by atoms with van der Waals surface area (Å²) in [6.07, 6.45) is 3.49. The number of hydrogen-bond acceptors (Lipinski definition) is 2. The molecule has 0 radical (unpaired) electrons. The van der Waals surface area contributed by atoms with Crippen LogP contribution in [0.5, 0.6) is 5.75 Å². The quantitative estimate of drug-likeness (QED) is 0.499. The Morgan fingerprint density at radius 3 is 2.22 bits per heavy atom. The predicted molar refractivity (Wildman–Crippen MR) is 120 cm³/mol. The normalized spacial score (nSPS) is 20.7. The van der Waals surface area contributed by atoms with Gasteiger partial charge in [0.1, 0.15) is 5.75 Å². The summed E-state index contributed by atoms with van der Waals surface area (Å²) in [6.45, 7) is 22.3. The SMILES string of the molecule is C=C1CCC(C)C(Cc2cc(COC)cc(OC)c2C)C1(C)C.CC.CC. The van der Waals surface area contributed by atoms with Crippen LogP contribution < -0.4 is 4.74 Å². The first-order valence-corrected chi connectivity index (χ1v) is 10.6. The molecule has 2 atom stereocenters. The zero-order valence-electron chi connectivity index (χ0n) is 19.7. The van der Waals surface area contributed by atoms with E-state index in [-0.39, 0.29) is 5.41 Å². The topological polar surface area (TPSA) is 18.5 Å². The monoisotopic (exact) mass is 376 g/mol. The first-order chi connectivity index (χ1) is 12.8. The van der Waals surface area contributed by atoms with Gasteiger partial charge in [0.15, 0.2) is 0 Å². The maximum Gasteiger partial charge on any atom is 0.122 e. The maximum atomic E-state index is 5.59. The average Bonchev–Trinajstić information content (AvgIpc) is 2.67. The fourth-order valence-electron chi connectivity index (χ4n) is 4.07. The van der Waals surface area contributed by atoms with E-state index in [4.69, 9.17) is 9.47 Å². The molecule has 27 heavy (non-hydrogen) atoms. The van der Waals surface area contributed by atoms with Gasteiger partial charge in [-0.25, -0.2) is 0 Å². The molecule has 1 fully saturated rings. The van der Waals surface area contributed by atoms with Crippen molar-refractivity contribution in [3.05, 3.63) is 41.0 Å². The van der Waals surface area contributed by atoms with Crippen LogP contribution in [-0.4, -0.2) is 14.2 Å². The lowest BCUT2D eigenvalue weighted by atomic mass is 9.60. The van der Waals surface area contributed by atoms with Gasteiger partial charge >= 0.3 is 0 Å². The number of rotatable bonds is 5. The summed E-state index contributed by atoms with van der Waals surface area (Å²) in [4.78, 5) is 0. The highest BCUT2D eigenvalue weighted by molar-refractivity contribution is 5.43. The van der Waals surface area contributed by atoms with Gasteiger partial charge < -0.3 is 9.47 Å². The molecule has 0 heterocycles. The summed E-state index contributed by atoms with van der Waals surface area (Å²) in [5, 5.41) is 0. The second-order valence-electron chi connectivity index (χ2n) is 7.67. The van der Waals surface area contributed by atoms with E-state index < -0.39 is 0 Å². The van der Waals surface area contributed by atoms with Crippen LogP contribution in [0.15, 0.2) is 24.3 Å². The second-order valence-corrected chi connectivity index (χ2v) is 7.67. The van der Waals surface area contributed by atoms with Gasteiger partial charge in [-0.3, -0.25) is 0 Å². The van der Waals surface area contributed by atoms with E-state index in [1.54, 1.807) is 14.2 Å².